The predicted octanol–water partition coefficient (Wildman–Crippen LogP) is 9.65. The van der Waals surface area contributed by atoms with E-state index in [4.69, 9.17) is 0 Å². The van der Waals surface area contributed by atoms with Gasteiger partial charge in [0.05, 0.1) is 0 Å². The van der Waals surface area contributed by atoms with Crippen molar-refractivity contribution in [3.05, 3.63) is 36.4 Å². The van der Waals surface area contributed by atoms with Gasteiger partial charge in [-0.05, 0) is 51.9 Å². The molecule has 0 amide bonds. The first-order valence-electron chi connectivity index (χ1n) is 12.4. The van der Waals surface area contributed by atoms with Crippen molar-refractivity contribution in [3.8, 4) is 0 Å². The fourth-order valence-electron chi connectivity index (χ4n) is 3.76. The van der Waals surface area contributed by atoms with Crippen LogP contribution in [0.15, 0.2) is 36.4 Å². The Labute approximate surface area is 205 Å². The molecule has 4 fully saturated rings. The fourth-order valence-corrected chi connectivity index (χ4v) is 3.76. The molecular weight excluding hydrogens is 388 g/mol. The van der Waals surface area contributed by atoms with Gasteiger partial charge in [-0.15, -0.1) is 0 Å². The van der Waals surface area contributed by atoms with E-state index >= 15 is 0 Å². The average Bonchev–Trinajstić information content (AvgIpc) is 3.58. The smallest absolute Gasteiger partial charge is 0.00484 e. The van der Waals surface area contributed by atoms with Crippen LogP contribution in [0, 0.1) is 0 Å². The summed E-state index contributed by atoms with van der Waals surface area (Å²) in [5.74, 6) is 0. The zero-order chi connectivity index (χ0) is 19.8. The molecule has 2 aliphatic heterocycles. The van der Waals surface area contributed by atoms with Crippen LogP contribution in [0.5, 0.6) is 0 Å². The highest BCUT2D eigenvalue weighted by Gasteiger charge is 1.96. The van der Waals surface area contributed by atoms with E-state index in [0.717, 1.165) is 0 Å². The topological polar surface area (TPSA) is 24.1 Å². The normalized spacial score (nSPS) is 18.0. The lowest BCUT2D eigenvalue weighted by molar-refractivity contribution is 0.504. The van der Waals surface area contributed by atoms with Gasteiger partial charge in [0.15, 0.2) is 0 Å². The highest BCUT2D eigenvalue weighted by atomic mass is 14.9. The Hall–Kier alpha value is -0.860. The highest BCUT2D eigenvalue weighted by Crippen LogP contribution is 2.15. The summed E-state index contributed by atoms with van der Waals surface area (Å²) in [6, 6.07) is 12.0. The second-order valence-electron chi connectivity index (χ2n) is 8.31. The van der Waals surface area contributed by atoms with Crippen molar-refractivity contribution in [2.24, 2.45) is 0 Å². The number of benzene rings is 1. The number of hydrogen-bond acceptors (Lipinski definition) is 2. The molecular formula is C30H64N2. The first kappa shape index (κ1) is 38.4. The van der Waals surface area contributed by atoms with Crippen molar-refractivity contribution in [1.82, 2.24) is 10.6 Å². The number of piperidine rings is 1. The van der Waals surface area contributed by atoms with Crippen molar-refractivity contribution in [1.29, 1.82) is 0 Å². The molecule has 0 aromatic heterocycles. The molecule has 2 nitrogen and oxygen atoms in total. The van der Waals surface area contributed by atoms with Gasteiger partial charge < -0.3 is 10.6 Å². The molecule has 32 heavy (non-hydrogen) atoms. The number of hydrogen-bond donors (Lipinski definition) is 2. The lowest BCUT2D eigenvalue weighted by Gasteiger charge is -2.08. The minimum absolute atomic E-state index is 0. The summed E-state index contributed by atoms with van der Waals surface area (Å²) < 4.78 is 0. The Morgan fingerprint density at radius 1 is 0.250 bits per heavy atom. The molecule has 2 heteroatoms. The van der Waals surface area contributed by atoms with Gasteiger partial charge in [-0.3, -0.25) is 0 Å². The Morgan fingerprint density at radius 2 is 0.406 bits per heavy atom. The second kappa shape index (κ2) is 34.7. The maximum Gasteiger partial charge on any atom is -0.00484 e. The SMILES string of the molecule is C.C.C.C.C1CCCC1.C1CCCCC1.C1CCNC1.C1CCNCC1.c1ccccc1. The molecule has 194 valence electrons. The van der Waals surface area contributed by atoms with Crippen LogP contribution in [0.2, 0.25) is 0 Å². The van der Waals surface area contributed by atoms with Crippen molar-refractivity contribution in [2.45, 2.75) is 132 Å². The zero-order valence-corrected chi connectivity index (χ0v) is 18.6. The molecule has 0 atom stereocenters. The third kappa shape index (κ3) is 31.3. The molecule has 0 unspecified atom stereocenters. The van der Waals surface area contributed by atoms with Crippen LogP contribution in [0.1, 0.15) is 132 Å². The highest BCUT2D eigenvalue weighted by molar-refractivity contribution is 4.99. The first-order valence-corrected chi connectivity index (χ1v) is 12.4. The van der Waals surface area contributed by atoms with Gasteiger partial charge in [-0.2, -0.15) is 0 Å². The predicted molar refractivity (Wildman–Crippen MR) is 153 cm³/mol. The van der Waals surface area contributed by atoms with Crippen molar-refractivity contribution in [2.75, 3.05) is 26.2 Å². The molecule has 4 aliphatic rings. The van der Waals surface area contributed by atoms with Crippen LogP contribution in [0.25, 0.3) is 0 Å². The maximum atomic E-state index is 3.28. The molecule has 0 radical (unpaired) electrons. The van der Waals surface area contributed by atoms with Gasteiger partial charge >= 0.3 is 0 Å². The van der Waals surface area contributed by atoms with Crippen molar-refractivity contribution < 1.29 is 0 Å². The molecule has 0 bridgehead atoms. The summed E-state index contributed by atoms with van der Waals surface area (Å²) in [6.45, 7) is 5.00. The van der Waals surface area contributed by atoms with Crippen LogP contribution in [-0.4, -0.2) is 26.2 Å². The lowest BCUT2D eigenvalue weighted by Crippen LogP contribution is -2.21. The molecule has 2 heterocycles. The molecule has 1 aromatic carbocycles. The molecule has 5 rings (SSSR count). The van der Waals surface area contributed by atoms with E-state index in [9.17, 15) is 0 Å². The molecule has 2 saturated carbocycles. The lowest BCUT2D eigenvalue weighted by atomic mass is 10.0. The van der Waals surface area contributed by atoms with Crippen LogP contribution >= 0.6 is 0 Å². The Bertz CT molecular complexity index is 277. The number of nitrogens with one attached hydrogen (secondary N) is 2. The van der Waals surface area contributed by atoms with E-state index in [1.807, 2.05) is 36.4 Å². The van der Waals surface area contributed by atoms with E-state index in [1.54, 1.807) is 0 Å². The molecule has 2 N–H and O–H groups in total. The third-order valence-corrected chi connectivity index (χ3v) is 5.58. The molecule has 2 saturated heterocycles. The number of rotatable bonds is 0. The van der Waals surface area contributed by atoms with Crippen LogP contribution in [0.4, 0.5) is 0 Å². The third-order valence-electron chi connectivity index (χ3n) is 5.58. The maximum absolute atomic E-state index is 3.28. The summed E-state index contributed by atoms with van der Waals surface area (Å²) in [5, 5.41) is 6.51. The summed E-state index contributed by atoms with van der Waals surface area (Å²) in [4.78, 5) is 0. The Kier molecular flexibility index (Phi) is 41.7. The summed E-state index contributed by atoms with van der Waals surface area (Å²) in [7, 11) is 0. The summed E-state index contributed by atoms with van der Waals surface area (Å²) in [6.07, 6.45) is 23.5. The van der Waals surface area contributed by atoms with Crippen molar-refractivity contribution in [3.63, 3.8) is 0 Å². The van der Waals surface area contributed by atoms with E-state index in [0.29, 0.717) is 0 Å². The van der Waals surface area contributed by atoms with E-state index in [2.05, 4.69) is 10.6 Å². The van der Waals surface area contributed by atoms with Crippen LogP contribution in [-0.2, 0) is 0 Å². The first-order chi connectivity index (χ1) is 14.0. The quantitative estimate of drug-likeness (QED) is 0.409. The Balaban J connectivity index is -0.000000149. The fraction of sp³-hybridized carbons (Fsp3) is 0.800. The van der Waals surface area contributed by atoms with Crippen LogP contribution in [0.3, 0.4) is 0 Å². The van der Waals surface area contributed by atoms with Gasteiger partial charge in [0.25, 0.3) is 0 Å². The van der Waals surface area contributed by atoms with E-state index in [1.165, 1.54) is 129 Å². The molecule has 2 aliphatic carbocycles. The van der Waals surface area contributed by atoms with Gasteiger partial charge in [0.2, 0.25) is 0 Å². The zero-order valence-electron chi connectivity index (χ0n) is 18.6. The van der Waals surface area contributed by atoms with Gasteiger partial charge in [-0.25, -0.2) is 0 Å². The van der Waals surface area contributed by atoms with E-state index < -0.39 is 0 Å². The van der Waals surface area contributed by atoms with Gasteiger partial charge in [0, 0.05) is 0 Å². The standard InChI is InChI=1S/C6H12.C6H6.C5H11N.C5H10.C4H9N.4CH4/c3*1-2-4-6-5-3-1;2*1-2-4-5-3-1;;;;/h1-6H2;1-6H;6H,1-5H2;1-5H2;5H,1-4H2;4*1H4. The van der Waals surface area contributed by atoms with Gasteiger partial charge in [0.1, 0.15) is 0 Å². The Morgan fingerprint density at radius 3 is 0.531 bits per heavy atom. The minimum atomic E-state index is 0. The van der Waals surface area contributed by atoms with Crippen molar-refractivity contribution >= 4 is 0 Å². The summed E-state index contributed by atoms with van der Waals surface area (Å²) >= 11 is 0. The summed E-state index contributed by atoms with van der Waals surface area (Å²) in [5.41, 5.74) is 0. The molecule has 0 spiro atoms. The average molecular weight is 453 g/mol. The monoisotopic (exact) mass is 453 g/mol. The van der Waals surface area contributed by atoms with Crippen LogP contribution < -0.4 is 10.6 Å². The largest absolute Gasteiger partial charge is 0.317 e. The van der Waals surface area contributed by atoms with E-state index in [-0.39, 0.29) is 29.7 Å². The minimum Gasteiger partial charge on any atom is -0.317 e. The second-order valence-corrected chi connectivity index (χ2v) is 8.31. The molecule has 1 aromatic rings. The van der Waals surface area contributed by atoms with Gasteiger partial charge in [-0.1, -0.05) is 143 Å².